The van der Waals surface area contributed by atoms with Crippen LogP contribution in [0.15, 0.2) is 27.7 Å². The van der Waals surface area contributed by atoms with Crippen LogP contribution in [0.2, 0.25) is 5.15 Å². The number of rotatable bonds is 4. The number of halogens is 1. The molecule has 0 saturated heterocycles. The summed E-state index contributed by atoms with van der Waals surface area (Å²) in [6.45, 7) is 4.67. The topological polar surface area (TPSA) is 34.9 Å². The predicted octanol–water partition coefficient (Wildman–Crippen LogP) is 3.32. The van der Waals surface area contributed by atoms with Crippen molar-refractivity contribution in [2.24, 2.45) is 0 Å². The summed E-state index contributed by atoms with van der Waals surface area (Å²) in [6, 6.07) is 3.45. The Morgan fingerprint density at radius 2 is 2.28 bits per heavy atom. The van der Waals surface area contributed by atoms with Gasteiger partial charge in [0, 0.05) is 18.5 Å². The van der Waals surface area contributed by atoms with Crippen LogP contribution < -0.4 is 5.56 Å². The lowest BCUT2D eigenvalue weighted by Gasteiger charge is -2.14. The van der Waals surface area contributed by atoms with Crippen molar-refractivity contribution in [3.05, 3.63) is 49.8 Å². The minimum absolute atomic E-state index is 0.0751. The molecule has 0 aliphatic rings. The molecule has 0 radical (unpaired) electrons. The molecule has 18 heavy (non-hydrogen) atoms. The molecule has 2 rings (SSSR count). The van der Waals surface area contributed by atoms with Gasteiger partial charge < -0.3 is 0 Å². The fourth-order valence-corrected chi connectivity index (χ4v) is 2.72. The molecule has 5 heteroatoms. The van der Waals surface area contributed by atoms with Gasteiger partial charge in [0.25, 0.3) is 5.56 Å². The molecule has 0 amide bonds. The Bertz CT molecular complexity index is 575. The highest BCUT2D eigenvalue weighted by atomic mass is 35.5. The monoisotopic (exact) mass is 282 g/mol. The maximum Gasteiger partial charge on any atom is 0.254 e. The van der Waals surface area contributed by atoms with Crippen molar-refractivity contribution >= 4 is 22.9 Å². The molecule has 2 heterocycles. The fraction of sp³-hybridized carbons (Fsp3) is 0.385. The molecular formula is C13H15ClN2OS. The van der Waals surface area contributed by atoms with Crippen molar-refractivity contribution in [2.75, 3.05) is 0 Å². The maximum atomic E-state index is 12.0. The van der Waals surface area contributed by atoms with Crippen molar-refractivity contribution in [1.29, 1.82) is 0 Å². The average Bonchev–Trinajstić information content (AvgIpc) is 2.79. The standard InChI is InChI=1S/C13H15ClN2OS/c1-9(2)13-15-11(14)7-12(17)16(13)5-3-10-4-6-18-8-10/h4,6-9H,3,5H2,1-2H3. The van der Waals surface area contributed by atoms with Crippen LogP contribution in [0, 0.1) is 0 Å². The number of thiophene rings is 1. The highest BCUT2D eigenvalue weighted by Crippen LogP contribution is 2.14. The van der Waals surface area contributed by atoms with Gasteiger partial charge in [0.1, 0.15) is 11.0 Å². The molecule has 0 fully saturated rings. The lowest BCUT2D eigenvalue weighted by Crippen LogP contribution is -2.26. The normalized spacial score (nSPS) is 11.1. The zero-order valence-electron chi connectivity index (χ0n) is 10.4. The van der Waals surface area contributed by atoms with Gasteiger partial charge in [-0.1, -0.05) is 25.4 Å². The first-order valence-corrected chi connectivity index (χ1v) is 7.18. The molecule has 3 nitrogen and oxygen atoms in total. The zero-order chi connectivity index (χ0) is 13.1. The summed E-state index contributed by atoms with van der Waals surface area (Å²) in [5.74, 6) is 0.932. The summed E-state index contributed by atoms with van der Waals surface area (Å²) >= 11 is 7.51. The van der Waals surface area contributed by atoms with Crippen molar-refractivity contribution in [2.45, 2.75) is 32.7 Å². The Hall–Kier alpha value is -1.13. The minimum atomic E-state index is -0.0751. The number of hydrogen-bond donors (Lipinski definition) is 0. The molecule has 96 valence electrons. The first kappa shape index (κ1) is 13.3. The molecule has 0 atom stereocenters. The lowest BCUT2D eigenvalue weighted by molar-refractivity contribution is 0.581. The Kier molecular flexibility index (Phi) is 4.19. The predicted molar refractivity (Wildman–Crippen MR) is 75.6 cm³/mol. The molecule has 0 spiro atoms. The van der Waals surface area contributed by atoms with Crippen LogP contribution >= 0.6 is 22.9 Å². The summed E-state index contributed by atoms with van der Waals surface area (Å²) in [7, 11) is 0. The van der Waals surface area contributed by atoms with E-state index in [1.807, 2.05) is 19.2 Å². The maximum absolute atomic E-state index is 12.0. The van der Waals surface area contributed by atoms with Crippen molar-refractivity contribution in [1.82, 2.24) is 9.55 Å². The largest absolute Gasteiger partial charge is 0.296 e. The highest BCUT2D eigenvalue weighted by Gasteiger charge is 2.11. The van der Waals surface area contributed by atoms with E-state index in [0.717, 1.165) is 12.2 Å². The van der Waals surface area contributed by atoms with E-state index in [1.165, 1.54) is 11.6 Å². The van der Waals surface area contributed by atoms with Crippen LogP contribution in [-0.4, -0.2) is 9.55 Å². The van der Waals surface area contributed by atoms with Gasteiger partial charge in [-0.2, -0.15) is 11.3 Å². The first-order valence-electron chi connectivity index (χ1n) is 5.86. The second kappa shape index (κ2) is 5.67. The third-order valence-electron chi connectivity index (χ3n) is 2.73. The van der Waals surface area contributed by atoms with E-state index >= 15 is 0 Å². The molecular weight excluding hydrogens is 268 g/mol. The number of nitrogens with zero attached hydrogens (tertiary/aromatic N) is 2. The van der Waals surface area contributed by atoms with Crippen LogP contribution in [0.3, 0.4) is 0 Å². The third-order valence-corrected chi connectivity index (χ3v) is 3.65. The third kappa shape index (κ3) is 3.00. The van der Waals surface area contributed by atoms with Crippen molar-refractivity contribution in [3.63, 3.8) is 0 Å². The first-order chi connectivity index (χ1) is 8.58. The quantitative estimate of drug-likeness (QED) is 0.806. The van der Waals surface area contributed by atoms with Gasteiger partial charge in [0.05, 0.1) is 0 Å². The van der Waals surface area contributed by atoms with Gasteiger partial charge in [-0.05, 0) is 28.8 Å². The van der Waals surface area contributed by atoms with Crippen LogP contribution in [0.1, 0.15) is 31.2 Å². The smallest absolute Gasteiger partial charge is 0.254 e. The zero-order valence-corrected chi connectivity index (χ0v) is 12.0. The van der Waals surface area contributed by atoms with Gasteiger partial charge in [-0.15, -0.1) is 0 Å². The van der Waals surface area contributed by atoms with Crippen LogP contribution in [-0.2, 0) is 13.0 Å². The molecule has 0 aliphatic carbocycles. The molecule has 0 unspecified atom stereocenters. The number of aryl methyl sites for hydroxylation is 1. The minimum Gasteiger partial charge on any atom is -0.296 e. The van der Waals surface area contributed by atoms with Crippen LogP contribution in [0.25, 0.3) is 0 Å². The highest BCUT2D eigenvalue weighted by molar-refractivity contribution is 7.07. The molecule has 0 bridgehead atoms. The summed E-state index contributed by atoms with van der Waals surface area (Å²) in [4.78, 5) is 16.2. The Labute approximate surface area is 115 Å². The van der Waals surface area contributed by atoms with E-state index in [2.05, 4.69) is 16.4 Å². The molecule has 0 aromatic carbocycles. The fourth-order valence-electron chi connectivity index (χ4n) is 1.84. The number of hydrogen-bond acceptors (Lipinski definition) is 3. The van der Waals surface area contributed by atoms with Crippen LogP contribution in [0.4, 0.5) is 0 Å². The van der Waals surface area contributed by atoms with E-state index in [4.69, 9.17) is 11.6 Å². The second-order valence-corrected chi connectivity index (χ2v) is 5.63. The summed E-state index contributed by atoms with van der Waals surface area (Å²) in [6.07, 6.45) is 0.840. The Balaban J connectivity index is 2.28. The van der Waals surface area contributed by atoms with Crippen LogP contribution in [0.5, 0.6) is 0 Å². The van der Waals surface area contributed by atoms with E-state index in [1.54, 1.807) is 15.9 Å². The molecule has 2 aromatic heterocycles. The van der Waals surface area contributed by atoms with E-state index in [9.17, 15) is 4.79 Å². The molecule has 2 aromatic rings. The van der Waals surface area contributed by atoms with E-state index in [0.29, 0.717) is 6.54 Å². The van der Waals surface area contributed by atoms with Gasteiger partial charge in [-0.3, -0.25) is 9.36 Å². The summed E-state index contributed by atoms with van der Waals surface area (Å²) in [5.41, 5.74) is 1.17. The Morgan fingerprint density at radius 1 is 1.50 bits per heavy atom. The molecule has 0 aliphatic heterocycles. The number of aromatic nitrogens is 2. The second-order valence-electron chi connectivity index (χ2n) is 4.46. The lowest BCUT2D eigenvalue weighted by atomic mass is 10.2. The van der Waals surface area contributed by atoms with Crippen molar-refractivity contribution < 1.29 is 0 Å². The Morgan fingerprint density at radius 3 is 2.89 bits per heavy atom. The van der Waals surface area contributed by atoms with E-state index < -0.39 is 0 Å². The van der Waals surface area contributed by atoms with Gasteiger partial charge >= 0.3 is 0 Å². The van der Waals surface area contributed by atoms with E-state index in [-0.39, 0.29) is 16.6 Å². The summed E-state index contributed by atoms with van der Waals surface area (Å²) in [5, 5.41) is 4.42. The van der Waals surface area contributed by atoms with Gasteiger partial charge in [0.15, 0.2) is 0 Å². The molecule has 0 saturated carbocycles. The van der Waals surface area contributed by atoms with Crippen molar-refractivity contribution in [3.8, 4) is 0 Å². The SMILES string of the molecule is CC(C)c1nc(Cl)cc(=O)n1CCc1ccsc1. The molecule has 0 N–H and O–H groups in total. The van der Waals surface area contributed by atoms with Gasteiger partial charge in [0.2, 0.25) is 0 Å². The summed E-state index contributed by atoms with van der Waals surface area (Å²) < 4.78 is 1.72. The average molecular weight is 283 g/mol. The van der Waals surface area contributed by atoms with Gasteiger partial charge in [-0.25, -0.2) is 4.98 Å².